The number of benzene rings is 1. The maximum absolute atomic E-state index is 6.74. The van der Waals surface area contributed by atoms with Gasteiger partial charge in [0.1, 0.15) is 11.9 Å². The van der Waals surface area contributed by atoms with Gasteiger partial charge in [-0.3, -0.25) is 0 Å². The van der Waals surface area contributed by atoms with Crippen molar-refractivity contribution in [2.45, 2.75) is 70.7 Å². The Kier molecular flexibility index (Phi) is 6.33. The normalized spacial score (nSPS) is 21.4. The smallest absolute Gasteiger partial charge is 0.205 e. The molecule has 2 rings (SSSR count). The molecule has 0 aliphatic carbocycles. The van der Waals surface area contributed by atoms with Crippen molar-refractivity contribution in [1.82, 2.24) is 0 Å². The van der Waals surface area contributed by atoms with Crippen molar-refractivity contribution in [2.75, 3.05) is 5.33 Å². The van der Waals surface area contributed by atoms with E-state index >= 15 is 0 Å². The Morgan fingerprint density at radius 3 is 2.35 bits per heavy atom. The minimum absolute atomic E-state index is 0.00541. The van der Waals surface area contributed by atoms with Crippen molar-refractivity contribution in [3.63, 3.8) is 0 Å². The van der Waals surface area contributed by atoms with Crippen molar-refractivity contribution in [3.8, 4) is 5.75 Å². The summed E-state index contributed by atoms with van der Waals surface area (Å²) >= 11 is 3.66. The van der Waals surface area contributed by atoms with Crippen LogP contribution in [-0.2, 0) is 9.16 Å². The van der Waals surface area contributed by atoms with Crippen LogP contribution < -0.4 is 4.74 Å². The van der Waals surface area contributed by atoms with Crippen molar-refractivity contribution < 1.29 is 13.9 Å². The summed E-state index contributed by atoms with van der Waals surface area (Å²) in [4.78, 5) is 0. The van der Waals surface area contributed by atoms with E-state index in [0.717, 1.165) is 34.8 Å². The van der Waals surface area contributed by atoms with Gasteiger partial charge < -0.3 is 13.9 Å². The average Bonchev–Trinajstić information content (AvgIpc) is 2.55. The quantitative estimate of drug-likeness (QED) is 0.436. The second kappa shape index (κ2) is 7.68. The molecule has 2 atom stereocenters. The lowest BCUT2D eigenvalue weighted by Gasteiger charge is -2.43. The summed E-state index contributed by atoms with van der Waals surface area (Å²) in [5.41, 5.74) is 1.09. The van der Waals surface area contributed by atoms with Crippen molar-refractivity contribution in [3.05, 3.63) is 29.8 Å². The van der Waals surface area contributed by atoms with Gasteiger partial charge in [0.15, 0.2) is 8.32 Å². The topological polar surface area (TPSA) is 27.7 Å². The van der Waals surface area contributed by atoms with E-state index in [-0.39, 0.29) is 12.2 Å². The van der Waals surface area contributed by atoms with Gasteiger partial charge in [0.2, 0.25) is 5.79 Å². The first-order chi connectivity index (χ1) is 10.9. The summed E-state index contributed by atoms with van der Waals surface area (Å²) in [6, 6.07) is 11.5. The lowest BCUT2D eigenvalue weighted by molar-refractivity contribution is -0.224. The molecule has 1 aliphatic heterocycles. The van der Waals surface area contributed by atoms with Crippen LogP contribution in [0.5, 0.6) is 5.75 Å². The third-order valence-electron chi connectivity index (χ3n) is 4.82. The van der Waals surface area contributed by atoms with E-state index in [9.17, 15) is 0 Å². The molecule has 0 fully saturated rings. The molecule has 5 heteroatoms. The summed E-state index contributed by atoms with van der Waals surface area (Å²) < 4.78 is 19.0. The van der Waals surface area contributed by atoms with E-state index in [0.29, 0.717) is 0 Å². The third kappa shape index (κ3) is 4.19. The van der Waals surface area contributed by atoms with Crippen LogP contribution >= 0.6 is 15.9 Å². The molecule has 23 heavy (non-hydrogen) atoms. The molecule has 3 nitrogen and oxygen atoms in total. The molecule has 1 aliphatic rings. The number of fused-ring (bicyclic) bond motifs is 1. The highest BCUT2D eigenvalue weighted by atomic mass is 79.9. The van der Waals surface area contributed by atoms with Gasteiger partial charge in [0.05, 0.1) is 6.10 Å². The van der Waals surface area contributed by atoms with E-state index in [1.807, 2.05) is 32.0 Å². The first kappa shape index (κ1) is 19.0. The minimum Gasteiger partial charge on any atom is -0.463 e. The Bertz CT molecular complexity index is 508. The lowest BCUT2D eigenvalue weighted by Crippen LogP contribution is -2.47. The molecule has 0 saturated carbocycles. The van der Waals surface area contributed by atoms with Gasteiger partial charge in [-0.2, -0.15) is 0 Å². The number of ether oxygens (including phenoxy) is 2. The zero-order valence-electron chi connectivity index (χ0n) is 14.9. The summed E-state index contributed by atoms with van der Waals surface area (Å²) in [5, 5.41) is 0.761. The van der Waals surface area contributed by atoms with Gasteiger partial charge >= 0.3 is 0 Å². The molecule has 1 aromatic rings. The second-order valence-corrected chi connectivity index (χ2v) is 12.0. The number of para-hydroxylation sites is 1. The summed E-state index contributed by atoms with van der Waals surface area (Å²) in [7, 11) is -1.70. The molecule has 0 spiro atoms. The van der Waals surface area contributed by atoms with E-state index in [2.05, 4.69) is 42.8 Å². The molecule has 130 valence electrons. The Morgan fingerprint density at radius 1 is 1.17 bits per heavy atom. The van der Waals surface area contributed by atoms with Crippen LogP contribution in [0.4, 0.5) is 0 Å². The summed E-state index contributed by atoms with van der Waals surface area (Å²) in [6.45, 7) is 10.7. The average molecular weight is 401 g/mol. The molecule has 1 heterocycles. The summed E-state index contributed by atoms with van der Waals surface area (Å²) in [5.74, 6) is 0.262. The highest BCUT2D eigenvalue weighted by Gasteiger charge is 2.42. The zero-order chi connectivity index (χ0) is 17.1. The highest BCUT2D eigenvalue weighted by molar-refractivity contribution is 9.09. The molecule has 0 radical (unpaired) electrons. The van der Waals surface area contributed by atoms with Gasteiger partial charge in [-0.05, 0) is 24.2 Å². The first-order valence-electron chi connectivity index (χ1n) is 8.59. The molecule has 1 aromatic carbocycles. The Hall–Kier alpha value is -0.363. The van der Waals surface area contributed by atoms with Crippen LogP contribution in [0.25, 0.3) is 0 Å². The molecule has 0 amide bonds. The van der Waals surface area contributed by atoms with E-state index in [4.69, 9.17) is 13.9 Å². The molecule has 0 bridgehead atoms. The van der Waals surface area contributed by atoms with Crippen molar-refractivity contribution in [2.24, 2.45) is 0 Å². The monoisotopic (exact) mass is 400 g/mol. The molecular weight excluding hydrogens is 372 g/mol. The van der Waals surface area contributed by atoms with Gasteiger partial charge in [-0.25, -0.2) is 0 Å². The van der Waals surface area contributed by atoms with Crippen molar-refractivity contribution in [1.29, 1.82) is 0 Å². The van der Waals surface area contributed by atoms with Crippen molar-refractivity contribution >= 4 is 24.2 Å². The number of halogens is 1. The van der Waals surface area contributed by atoms with Crippen LogP contribution in [0.3, 0.4) is 0 Å². The number of rotatable bonds is 7. The fourth-order valence-corrected chi connectivity index (χ4v) is 6.80. The van der Waals surface area contributed by atoms with E-state index in [1.54, 1.807) is 0 Å². The predicted molar refractivity (Wildman–Crippen MR) is 101 cm³/mol. The van der Waals surface area contributed by atoms with Gasteiger partial charge in [0, 0.05) is 24.7 Å². The Morgan fingerprint density at radius 2 is 1.78 bits per heavy atom. The molecule has 0 saturated heterocycles. The molecule has 0 aromatic heterocycles. The van der Waals surface area contributed by atoms with E-state index in [1.165, 1.54) is 0 Å². The second-order valence-electron chi connectivity index (χ2n) is 6.63. The number of alkyl halides is 1. The maximum atomic E-state index is 6.74. The maximum Gasteiger partial charge on any atom is 0.205 e. The van der Waals surface area contributed by atoms with Crippen LogP contribution in [0.1, 0.15) is 46.3 Å². The Labute approximate surface area is 150 Å². The summed E-state index contributed by atoms with van der Waals surface area (Å²) in [6.07, 6.45) is -0.100. The molecule has 0 N–H and O–H groups in total. The number of hydrogen-bond donors (Lipinski definition) is 0. The minimum atomic E-state index is -1.70. The van der Waals surface area contributed by atoms with Crippen LogP contribution in [0, 0.1) is 0 Å². The van der Waals surface area contributed by atoms with Crippen LogP contribution in [0.2, 0.25) is 18.1 Å². The molecule has 1 unspecified atom stereocenters. The number of hydrogen-bond acceptors (Lipinski definition) is 3. The third-order valence-corrected chi connectivity index (χ3v) is 10.1. The fourth-order valence-electron chi connectivity index (χ4n) is 3.24. The van der Waals surface area contributed by atoms with Crippen LogP contribution in [-0.4, -0.2) is 25.5 Å². The lowest BCUT2D eigenvalue weighted by atomic mass is 10.0. The van der Waals surface area contributed by atoms with Gasteiger partial charge in [-0.1, -0.05) is 54.9 Å². The first-order valence-corrected chi connectivity index (χ1v) is 12.2. The SMILES string of the molecule is CC[Si](CC)(CC)O[C@@H](CBr)C1OC(C)(C)Oc2ccccc21. The highest BCUT2D eigenvalue weighted by Crippen LogP contribution is 2.42. The molecular formula is C18H29BrO3Si. The zero-order valence-corrected chi connectivity index (χ0v) is 17.5. The fraction of sp³-hybridized carbons (Fsp3) is 0.667. The largest absolute Gasteiger partial charge is 0.463 e. The standard InChI is InChI=1S/C18H29BrO3Si/c1-6-23(7-2,8-3)22-16(13-19)17-14-11-9-10-12-15(14)20-18(4,5)21-17/h9-12,16-17H,6-8,13H2,1-5H3/t16-,17?/m0/s1. The van der Waals surface area contributed by atoms with Gasteiger partial charge in [-0.15, -0.1) is 0 Å². The predicted octanol–water partition coefficient (Wildman–Crippen LogP) is 5.66. The van der Waals surface area contributed by atoms with Gasteiger partial charge in [0.25, 0.3) is 0 Å². The Balaban J connectivity index is 2.33. The van der Waals surface area contributed by atoms with E-state index < -0.39 is 14.1 Å². The van der Waals surface area contributed by atoms with Crippen LogP contribution in [0.15, 0.2) is 24.3 Å².